The highest BCUT2D eigenvalue weighted by Crippen LogP contribution is 2.14. The number of nitrogens with zero attached hydrogens (tertiary/aromatic N) is 2. The van der Waals surface area contributed by atoms with Crippen LogP contribution in [0, 0.1) is 0 Å². The van der Waals surface area contributed by atoms with Crippen molar-refractivity contribution in [3.05, 3.63) is 18.3 Å². The zero-order chi connectivity index (χ0) is 8.27. The summed E-state index contributed by atoms with van der Waals surface area (Å²) in [7, 11) is 1.45. The normalized spacial score (nSPS) is 9.36. The van der Waals surface area contributed by atoms with Gasteiger partial charge >= 0.3 is 0 Å². The standard InChI is InChI=1S/C6H8N2O3/c1-11-6-4-5(8(9)10)2-3-7-6/h2-4,9-10H,1H3. The van der Waals surface area contributed by atoms with E-state index in [9.17, 15) is 0 Å². The van der Waals surface area contributed by atoms with Gasteiger partial charge in [0, 0.05) is 12.3 Å². The zero-order valence-electron chi connectivity index (χ0n) is 5.93. The molecule has 0 radical (unpaired) electrons. The predicted molar refractivity (Wildman–Crippen MR) is 36.8 cm³/mol. The molecule has 1 aromatic rings. The lowest BCUT2D eigenvalue weighted by molar-refractivity contribution is 0.0290. The maximum absolute atomic E-state index is 8.55. The SMILES string of the molecule is COc1cc(N(O)O)ccn1. The fourth-order valence-corrected chi connectivity index (χ4v) is 0.635. The monoisotopic (exact) mass is 156 g/mol. The summed E-state index contributed by atoms with van der Waals surface area (Å²) in [6, 6.07) is 2.82. The summed E-state index contributed by atoms with van der Waals surface area (Å²) in [5, 5.41) is 17.1. The molecule has 0 aliphatic rings. The Morgan fingerprint density at radius 3 is 2.82 bits per heavy atom. The molecule has 11 heavy (non-hydrogen) atoms. The molecule has 0 atom stereocenters. The molecule has 1 rings (SSSR count). The van der Waals surface area contributed by atoms with Crippen LogP contribution in [0.2, 0.25) is 0 Å². The zero-order valence-corrected chi connectivity index (χ0v) is 5.93. The van der Waals surface area contributed by atoms with Crippen molar-refractivity contribution in [3.63, 3.8) is 0 Å². The van der Waals surface area contributed by atoms with Crippen LogP contribution >= 0.6 is 0 Å². The van der Waals surface area contributed by atoms with Gasteiger partial charge in [-0.15, -0.1) is 5.23 Å². The smallest absolute Gasteiger partial charge is 0.215 e. The quantitative estimate of drug-likeness (QED) is 0.616. The van der Waals surface area contributed by atoms with E-state index in [2.05, 4.69) is 4.98 Å². The molecule has 60 valence electrons. The van der Waals surface area contributed by atoms with Crippen molar-refractivity contribution in [2.24, 2.45) is 0 Å². The van der Waals surface area contributed by atoms with E-state index in [0.29, 0.717) is 5.88 Å². The van der Waals surface area contributed by atoms with E-state index in [1.165, 1.54) is 25.4 Å². The minimum atomic E-state index is 0.00417. The molecule has 1 aromatic heterocycles. The summed E-state index contributed by atoms with van der Waals surface area (Å²) >= 11 is 0. The van der Waals surface area contributed by atoms with Gasteiger partial charge in [0.25, 0.3) is 0 Å². The molecule has 5 heteroatoms. The Balaban J connectivity index is 2.91. The summed E-state index contributed by atoms with van der Waals surface area (Å²) < 4.78 is 4.74. The molecule has 1 heterocycles. The van der Waals surface area contributed by atoms with E-state index >= 15 is 0 Å². The Morgan fingerprint density at radius 2 is 2.27 bits per heavy atom. The van der Waals surface area contributed by atoms with Gasteiger partial charge in [-0.2, -0.15) is 0 Å². The predicted octanol–water partition coefficient (Wildman–Crippen LogP) is 0.675. The number of anilines is 1. The van der Waals surface area contributed by atoms with Crippen LogP contribution in [-0.4, -0.2) is 22.5 Å². The summed E-state index contributed by atoms with van der Waals surface area (Å²) in [6.07, 6.45) is 1.41. The molecule has 0 saturated carbocycles. The highest BCUT2D eigenvalue weighted by atomic mass is 16.8. The molecular formula is C6H8N2O3. The van der Waals surface area contributed by atoms with Crippen LogP contribution in [0.15, 0.2) is 18.3 Å². The van der Waals surface area contributed by atoms with Crippen molar-refractivity contribution in [1.29, 1.82) is 0 Å². The van der Waals surface area contributed by atoms with Crippen molar-refractivity contribution in [2.45, 2.75) is 0 Å². The number of pyridine rings is 1. The molecule has 0 aliphatic heterocycles. The molecule has 0 aromatic carbocycles. The average Bonchev–Trinajstić information content (AvgIpc) is 2.05. The van der Waals surface area contributed by atoms with Crippen molar-refractivity contribution in [3.8, 4) is 5.88 Å². The number of aromatic nitrogens is 1. The van der Waals surface area contributed by atoms with E-state index in [4.69, 9.17) is 15.2 Å². The second kappa shape index (κ2) is 3.18. The molecule has 0 aliphatic carbocycles. The first-order valence-electron chi connectivity index (χ1n) is 2.92. The van der Waals surface area contributed by atoms with Crippen LogP contribution in [0.1, 0.15) is 0 Å². The summed E-state index contributed by atoms with van der Waals surface area (Å²) in [5.41, 5.74) is 0.205. The number of hydrogen-bond donors (Lipinski definition) is 2. The molecule has 0 bridgehead atoms. The number of rotatable bonds is 2. The third-order valence-corrected chi connectivity index (χ3v) is 1.16. The third-order valence-electron chi connectivity index (χ3n) is 1.16. The third kappa shape index (κ3) is 1.79. The highest BCUT2D eigenvalue weighted by molar-refractivity contribution is 5.42. The van der Waals surface area contributed by atoms with Gasteiger partial charge in [0.15, 0.2) is 0 Å². The lowest BCUT2D eigenvalue weighted by atomic mass is 10.4. The lowest BCUT2D eigenvalue weighted by Gasteiger charge is -2.07. The molecule has 0 fully saturated rings. The second-order valence-electron chi connectivity index (χ2n) is 1.85. The lowest BCUT2D eigenvalue weighted by Crippen LogP contribution is -2.10. The van der Waals surface area contributed by atoms with Crippen molar-refractivity contribution in [1.82, 2.24) is 4.98 Å². The van der Waals surface area contributed by atoms with Gasteiger partial charge in [-0.3, -0.25) is 10.4 Å². The van der Waals surface area contributed by atoms with Crippen LogP contribution in [0.25, 0.3) is 0 Å². The highest BCUT2D eigenvalue weighted by Gasteiger charge is 1.99. The Kier molecular flexibility index (Phi) is 2.25. The molecule has 2 N–H and O–H groups in total. The summed E-state index contributed by atoms with van der Waals surface area (Å²) in [5.74, 6) is 0.329. The van der Waals surface area contributed by atoms with Crippen LogP contribution in [-0.2, 0) is 0 Å². The molecule has 0 amide bonds. The van der Waals surface area contributed by atoms with Gasteiger partial charge in [0.1, 0.15) is 5.69 Å². The van der Waals surface area contributed by atoms with E-state index in [1.807, 2.05) is 0 Å². The Labute approximate surface area is 63.4 Å². The largest absolute Gasteiger partial charge is 0.481 e. The van der Waals surface area contributed by atoms with Gasteiger partial charge in [-0.1, -0.05) is 0 Å². The van der Waals surface area contributed by atoms with Crippen molar-refractivity contribution in [2.75, 3.05) is 12.3 Å². The number of methoxy groups -OCH3 is 1. The van der Waals surface area contributed by atoms with E-state index in [1.54, 1.807) is 0 Å². The van der Waals surface area contributed by atoms with Gasteiger partial charge in [0.2, 0.25) is 5.88 Å². The maximum atomic E-state index is 8.55. The Morgan fingerprint density at radius 1 is 1.55 bits per heavy atom. The van der Waals surface area contributed by atoms with E-state index in [-0.39, 0.29) is 10.9 Å². The van der Waals surface area contributed by atoms with Crippen LogP contribution in [0.4, 0.5) is 5.69 Å². The van der Waals surface area contributed by atoms with Gasteiger partial charge in [-0.05, 0) is 6.07 Å². The van der Waals surface area contributed by atoms with E-state index < -0.39 is 0 Å². The molecule has 0 spiro atoms. The molecular weight excluding hydrogens is 148 g/mol. The van der Waals surface area contributed by atoms with Gasteiger partial charge in [0.05, 0.1) is 7.11 Å². The fraction of sp³-hybridized carbons (Fsp3) is 0.167. The molecule has 5 nitrogen and oxygen atoms in total. The number of ether oxygens (including phenoxy) is 1. The second-order valence-corrected chi connectivity index (χ2v) is 1.85. The minimum absolute atomic E-state index is 0.00417. The average molecular weight is 156 g/mol. The van der Waals surface area contributed by atoms with Crippen molar-refractivity contribution >= 4 is 5.69 Å². The fourth-order valence-electron chi connectivity index (χ4n) is 0.635. The van der Waals surface area contributed by atoms with Gasteiger partial charge in [-0.25, -0.2) is 4.98 Å². The summed E-state index contributed by atoms with van der Waals surface area (Å²) in [6.45, 7) is 0. The number of hydrogen-bond acceptors (Lipinski definition) is 5. The molecule has 0 saturated heterocycles. The summed E-state index contributed by atoms with van der Waals surface area (Å²) in [4.78, 5) is 3.77. The van der Waals surface area contributed by atoms with Crippen molar-refractivity contribution < 1.29 is 15.2 Å². The van der Waals surface area contributed by atoms with E-state index in [0.717, 1.165) is 0 Å². The topological polar surface area (TPSA) is 65.8 Å². The first kappa shape index (κ1) is 7.77. The van der Waals surface area contributed by atoms with Crippen LogP contribution in [0.3, 0.4) is 0 Å². The Hall–Kier alpha value is -1.33. The first-order chi connectivity index (χ1) is 5.24. The first-order valence-corrected chi connectivity index (χ1v) is 2.92. The Bertz CT molecular complexity index is 239. The molecule has 0 unspecified atom stereocenters. The minimum Gasteiger partial charge on any atom is -0.481 e. The maximum Gasteiger partial charge on any atom is 0.215 e. The van der Waals surface area contributed by atoms with Crippen LogP contribution in [0.5, 0.6) is 5.88 Å². The van der Waals surface area contributed by atoms with Crippen LogP contribution < -0.4 is 9.96 Å². The van der Waals surface area contributed by atoms with Gasteiger partial charge < -0.3 is 4.74 Å².